The van der Waals surface area contributed by atoms with Crippen molar-refractivity contribution in [3.05, 3.63) is 0 Å². The number of rotatable bonds is 6. The van der Waals surface area contributed by atoms with Gasteiger partial charge in [-0.05, 0) is 25.1 Å². The van der Waals surface area contributed by atoms with Gasteiger partial charge >= 0.3 is 5.97 Å². The summed E-state index contributed by atoms with van der Waals surface area (Å²) in [6.07, 6.45) is 0.280. The third-order valence-corrected chi connectivity index (χ3v) is 1.93. The van der Waals surface area contributed by atoms with Crippen molar-refractivity contribution < 1.29 is 14.6 Å². The van der Waals surface area contributed by atoms with E-state index in [2.05, 4.69) is 9.57 Å². The zero-order valence-electron chi connectivity index (χ0n) is 7.92. The molecule has 2 atom stereocenters. The summed E-state index contributed by atoms with van der Waals surface area (Å²) in [5.41, 5.74) is 0. The zero-order chi connectivity index (χ0) is 10.3. The van der Waals surface area contributed by atoms with Crippen molar-refractivity contribution in [1.82, 2.24) is 4.84 Å². The normalized spacial score (nSPS) is 15.1. The molecule has 4 nitrogen and oxygen atoms in total. The lowest BCUT2D eigenvalue weighted by Crippen LogP contribution is -2.41. The number of ether oxygens (including phenoxy) is 1. The van der Waals surface area contributed by atoms with Crippen LogP contribution in [0, 0.1) is 0 Å². The van der Waals surface area contributed by atoms with Gasteiger partial charge in [0.25, 0.3) is 0 Å². The molecule has 0 aliphatic heterocycles. The summed E-state index contributed by atoms with van der Waals surface area (Å²) >= 11 is 5.37. The van der Waals surface area contributed by atoms with E-state index in [4.69, 9.17) is 11.8 Å². The van der Waals surface area contributed by atoms with E-state index >= 15 is 0 Å². The summed E-state index contributed by atoms with van der Waals surface area (Å²) < 4.78 is 4.65. The van der Waals surface area contributed by atoms with E-state index in [0.717, 1.165) is 6.42 Å². The quantitative estimate of drug-likeness (QED) is 0.503. The molecular weight excluding hydrogens is 194 g/mol. The van der Waals surface area contributed by atoms with E-state index in [0.29, 0.717) is 6.42 Å². The lowest BCUT2D eigenvalue weighted by atomic mass is 10.1. The SMILES string of the molecule is CCCC(NCl)C(O)C(=O)OCC. The predicted octanol–water partition coefficient (Wildman–Crippen LogP) is 0.823. The van der Waals surface area contributed by atoms with Crippen LogP contribution in [0.4, 0.5) is 0 Å². The van der Waals surface area contributed by atoms with Crippen LogP contribution in [0.15, 0.2) is 0 Å². The highest BCUT2D eigenvalue weighted by Crippen LogP contribution is 2.05. The van der Waals surface area contributed by atoms with E-state index in [1.54, 1.807) is 6.92 Å². The smallest absolute Gasteiger partial charge is 0.336 e. The van der Waals surface area contributed by atoms with E-state index in [-0.39, 0.29) is 6.61 Å². The van der Waals surface area contributed by atoms with Gasteiger partial charge in [-0.3, -0.25) is 0 Å². The Kier molecular flexibility index (Phi) is 6.94. The molecule has 13 heavy (non-hydrogen) atoms. The number of aliphatic hydroxyl groups excluding tert-OH is 1. The Morgan fingerprint density at radius 1 is 1.62 bits per heavy atom. The minimum absolute atomic E-state index is 0.261. The monoisotopic (exact) mass is 209 g/mol. The molecule has 0 aromatic carbocycles. The van der Waals surface area contributed by atoms with Crippen LogP contribution in [0.2, 0.25) is 0 Å². The molecule has 2 N–H and O–H groups in total. The van der Waals surface area contributed by atoms with Crippen LogP contribution in [0.5, 0.6) is 0 Å². The second-order valence-corrected chi connectivity index (χ2v) is 2.92. The molecular formula is C8H16ClNO3. The molecule has 0 heterocycles. The molecule has 0 fully saturated rings. The standard InChI is InChI=1S/C8H16ClNO3/c1-3-5-6(10-9)7(11)8(12)13-4-2/h6-7,10-11H,3-5H2,1-2H3. The van der Waals surface area contributed by atoms with Crippen molar-refractivity contribution in [3.8, 4) is 0 Å². The number of carbonyl (C=O) groups excluding carboxylic acids is 1. The molecule has 0 amide bonds. The molecule has 0 saturated carbocycles. The lowest BCUT2D eigenvalue weighted by molar-refractivity contribution is -0.154. The second-order valence-electron chi connectivity index (χ2n) is 2.70. The zero-order valence-corrected chi connectivity index (χ0v) is 8.67. The summed E-state index contributed by atoms with van der Waals surface area (Å²) in [7, 11) is 0. The largest absolute Gasteiger partial charge is 0.464 e. The molecule has 78 valence electrons. The first-order chi connectivity index (χ1) is 6.17. The molecule has 0 aliphatic carbocycles. The Balaban J connectivity index is 4.02. The number of hydrogen-bond acceptors (Lipinski definition) is 4. The molecule has 0 aliphatic rings. The first kappa shape index (κ1) is 12.7. The first-order valence-corrected chi connectivity index (χ1v) is 4.76. The van der Waals surface area contributed by atoms with Gasteiger partial charge in [0, 0.05) is 0 Å². The molecule has 0 aromatic heterocycles. The van der Waals surface area contributed by atoms with E-state index in [9.17, 15) is 9.90 Å². The van der Waals surface area contributed by atoms with Gasteiger partial charge in [0.05, 0.1) is 12.6 Å². The molecule has 0 bridgehead atoms. The van der Waals surface area contributed by atoms with E-state index in [1.807, 2.05) is 6.92 Å². The highest BCUT2D eigenvalue weighted by Gasteiger charge is 2.25. The van der Waals surface area contributed by atoms with E-state index in [1.165, 1.54) is 0 Å². The third kappa shape index (κ3) is 4.45. The molecule has 0 aromatic rings. The van der Waals surface area contributed by atoms with Crippen molar-refractivity contribution in [2.75, 3.05) is 6.61 Å². The Bertz CT molecular complexity index is 154. The van der Waals surface area contributed by atoms with Crippen molar-refractivity contribution in [2.24, 2.45) is 0 Å². The molecule has 5 heteroatoms. The van der Waals surface area contributed by atoms with Gasteiger partial charge in [-0.2, -0.15) is 0 Å². The van der Waals surface area contributed by atoms with Gasteiger partial charge in [-0.25, -0.2) is 9.63 Å². The topological polar surface area (TPSA) is 58.6 Å². The third-order valence-electron chi connectivity index (χ3n) is 1.65. The van der Waals surface area contributed by atoms with Crippen LogP contribution in [-0.4, -0.2) is 29.8 Å². The van der Waals surface area contributed by atoms with Crippen molar-refractivity contribution in [3.63, 3.8) is 0 Å². The number of halogens is 1. The molecule has 0 saturated heterocycles. The molecule has 0 rings (SSSR count). The summed E-state index contributed by atoms with van der Waals surface area (Å²) in [6, 6.07) is -0.439. The molecule has 0 radical (unpaired) electrons. The van der Waals surface area contributed by atoms with Crippen molar-refractivity contribution in [2.45, 2.75) is 38.8 Å². The molecule has 0 spiro atoms. The van der Waals surface area contributed by atoms with Gasteiger partial charge < -0.3 is 9.84 Å². The summed E-state index contributed by atoms with van der Waals surface area (Å²) in [5.74, 6) is -0.630. The van der Waals surface area contributed by atoms with Crippen LogP contribution < -0.4 is 4.84 Å². The van der Waals surface area contributed by atoms with Gasteiger partial charge in [0.15, 0.2) is 6.10 Å². The number of hydrogen-bond donors (Lipinski definition) is 2. The maximum atomic E-state index is 11.0. The highest BCUT2D eigenvalue weighted by molar-refractivity contribution is 6.13. The summed E-state index contributed by atoms with van der Waals surface area (Å²) in [4.78, 5) is 13.4. The average Bonchev–Trinajstić information content (AvgIpc) is 2.13. The van der Waals surface area contributed by atoms with E-state index < -0.39 is 18.1 Å². The highest BCUT2D eigenvalue weighted by atomic mass is 35.5. The van der Waals surface area contributed by atoms with Crippen molar-refractivity contribution >= 4 is 17.7 Å². The van der Waals surface area contributed by atoms with Crippen LogP contribution in [0.25, 0.3) is 0 Å². The van der Waals surface area contributed by atoms with Crippen LogP contribution in [0.1, 0.15) is 26.7 Å². The Morgan fingerprint density at radius 3 is 2.62 bits per heavy atom. The first-order valence-electron chi connectivity index (χ1n) is 4.38. The summed E-state index contributed by atoms with van der Waals surface area (Å²) in [6.45, 7) is 3.89. The lowest BCUT2D eigenvalue weighted by Gasteiger charge is -2.18. The Morgan fingerprint density at radius 2 is 2.23 bits per heavy atom. The van der Waals surface area contributed by atoms with Crippen LogP contribution >= 0.6 is 11.8 Å². The van der Waals surface area contributed by atoms with Crippen LogP contribution in [0.3, 0.4) is 0 Å². The van der Waals surface area contributed by atoms with Gasteiger partial charge in [0.1, 0.15) is 0 Å². The fraction of sp³-hybridized carbons (Fsp3) is 0.875. The number of aliphatic hydroxyl groups is 1. The fourth-order valence-corrected chi connectivity index (χ4v) is 1.20. The predicted molar refractivity (Wildman–Crippen MR) is 50.3 cm³/mol. The number of nitrogens with one attached hydrogen (secondary N) is 1. The summed E-state index contributed by atoms with van der Waals surface area (Å²) in [5, 5.41) is 9.42. The average molecular weight is 210 g/mol. The minimum Gasteiger partial charge on any atom is -0.464 e. The van der Waals surface area contributed by atoms with Crippen molar-refractivity contribution in [1.29, 1.82) is 0 Å². The van der Waals surface area contributed by atoms with Crippen LogP contribution in [-0.2, 0) is 9.53 Å². The minimum atomic E-state index is -1.18. The van der Waals surface area contributed by atoms with Gasteiger partial charge in [-0.15, -0.1) is 0 Å². The Labute approximate surface area is 83.3 Å². The molecule has 2 unspecified atom stereocenters. The Hall–Kier alpha value is -0.320. The maximum Gasteiger partial charge on any atom is 0.336 e. The second kappa shape index (κ2) is 7.12. The number of carbonyl (C=O) groups is 1. The number of esters is 1. The van der Waals surface area contributed by atoms with Gasteiger partial charge in [-0.1, -0.05) is 13.3 Å². The van der Waals surface area contributed by atoms with Gasteiger partial charge in [0.2, 0.25) is 0 Å². The maximum absolute atomic E-state index is 11.0. The fourth-order valence-electron chi connectivity index (χ4n) is 0.975.